The van der Waals surface area contributed by atoms with E-state index in [1.165, 1.54) is 35.6 Å². The molecule has 0 radical (unpaired) electrons. The van der Waals surface area contributed by atoms with Crippen LogP contribution < -0.4 is 5.32 Å². The average molecular weight is 436 g/mol. The van der Waals surface area contributed by atoms with Gasteiger partial charge in [0.05, 0.1) is 17.9 Å². The van der Waals surface area contributed by atoms with Gasteiger partial charge in [0.15, 0.2) is 0 Å². The fourth-order valence-corrected chi connectivity index (χ4v) is 3.26. The molecule has 31 heavy (non-hydrogen) atoms. The van der Waals surface area contributed by atoms with Gasteiger partial charge in [0.25, 0.3) is 5.91 Å². The maximum Gasteiger partial charge on any atom is 0.416 e. The molecule has 1 unspecified atom stereocenters. The molecule has 1 saturated heterocycles. The highest BCUT2D eigenvalue weighted by atomic mass is 19.4. The summed E-state index contributed by atoms with van der Waals surface area (Å²) >= 11 is 0. The predicted octanol–water partition coefficient (Wildman–Crippen LogP) is 2.82. The molecule has 1 fully saturated rings. The van der Waals surface area contributed by atoms with E-state index in [1.807, 2.05) is 0 Å². The maximum atomic E-state index is 12.8. The van der Waals surface area contributed by atoms with Crippen molar-refractivity contribution in [3.05, 3.63) is 59.7 Å². The minimum absolute atomic E-state index is 0.00230. The second-order valence-corrected chi connectivity index (χ2v) is 7.20. The van der Waals surface area contributed by atoms with Crippen LogP contribution in [-0.4, -0.2) is 52.5 Å². The van der Waals surface area contributed by atoms with Crippen LogP contribution >= 0.6 is 0 Å². The summed E-state index contributed by atoms with van der Waals surface area (Å²) in [6.45, 7) is 1.06. The van der Waals surface area contributed by atoms with Crippen molar-refractivity contribution in [1.82, 2.24) is 20.2 Å². The first kappa shape index (κ1) is 22.7. The van der Waals surface area contributed by atoms with Crippen molar-refractivity contribution in [1.29, 1.82) is 0 Å². The summed E-state index contributed by atoms with van der Waals surface area (Å²) in [5.74, 6) is -0.726. The van der Waals surface area contributed by atoms with Crippen molar-refractivity contribution in [2.24, 2.45) is 0 Å². The SMILES string of the molecule is O=C(CCN(CC1CCCO1)C(=O)c1cnccn1)NCc1cccc(C(F)(F)F)c1. The van der Waals surface area contributed by atoms with Crippen LogP contribution in [0.4, 0.5) is 13.2 Å². The zero-order valence-corrected chi connectivity index (χ0v) is 16.8. The molecular formula is C21H23F3N4O3. The van der Waals surface area contributed by atoms with E-state index < -0.39 is 11.7 Å². The van der Waals surface area contributed by atoms with Gasteiger partial charge < -0.3 is 15.0 Å². The molecule has 0 saturated carbocycles. The lowest BCUT2D eigenvalue weighted by Crippen LogP contribution is -2.40. The summed E-state index contributed by atoms with van der Waals surface area (Å²) in [5, 5.41) is 2.60. The number of benzene rings is 1. The molecule has 2 heterocycles. The number of hydrogen-bond donors (Lipinski definition) is 1. The molecule has 1 aromatic heterocycles. The van der Waals surface area contributed by atoms with Crippen LogP contribution in [0.2, 0.25) is 0 Å². The second kappa shape index (κ2) is 10.3. The Bertz CT molecular complexity index is 887. The van der Waals surface area contributed by atoms with Crippen molar-refractivity contribution >= 4 is 11.8 Å². The number of amides is 2. The lowest BCUT2D eigenvalue weighted by molar-refractivity contribution is -0.137. The Balaban J connectivity index is 1.56. The van der Waals surface area contributed by atoms with E-state index in [4.69, 9.17) is 4.74 Å². The van der Waals surface area contributed by atoms with Gasteiger partial charge in [0.2, 0.25) is 5.91 Å². The molecule has 2 aromatic rings. The third-order valence-corrected chi connectivity index (χ3v) is 4.87. The minimum atomic E-state index is -4.44. The molecule has 3 rings (SSSR count). The van der Waals surface area contributed by atoms with Crippen molar-refractivity contribution in [3.8, 4) is 0 Å². The van der Waals surface area contributed by atoms with Crippen molar-refractivity contribution in [2.75, 3.05) is 19.7 Å². The van der Waals surface area contributed by atoms with Gasteiger partial charge in [-0.25, -0.2) is 4.98 Å². The smallest absolute Gasteiger partial charge is 0.376 e. The number of carbonyl (C=O) groups is 2. The van der Waals surface area contributed by atoms with E-state index >= 15 is 0 Å². The number of carbonyl (C=O) groups excluding carboxylic acids is 2. The van der Waals surface area contributed by atoms with Gasteiger partial charge >= 0.3 is 6.18 Å². The molecule has 2 amide bonds. The minimum Gasteiger partial charge on any atom is -0.376 e. The lowest BCUT2D eigenvalue weighted by atomic mass is 10.1. The number of alkyl halides is 3. The second-order valence-electron chi connectivity index (χ2n) is 7.20. The molecule has 1 aliphatic rings. The highest BCUT2D eigenvalue weighted by Gasteiger charge is 2.30. The van der Waals surface area contributed by atoms with Crippen LogP contribution in [0.5, 0.6) is 0 Å². The van der Waals surface area contributed by atoms with Gasteiger partial charge in [-0.2, -0.15) is 13.2 Å². The number of nitrogens with one attached hydrogen (secondary N) is 1. The Morgan fingerprint density at radius 3 is 2.77 bits per heavy atom. The third kappa shape index (κ3) is 6.74. The number of ether oxygens (including phenoxy) is 1. The molecule has 0 spiro atoms. The van der Waals surface area contributed by atoms with Crippen LogP contribution in [0.3, 0.4) is 0 Å². The molecule has 1 atom stereocenters. The maximum absolute atomic E-state index is 12.8. The van der Waals surface area contributed by atoms with Gasteiger partial charge in [0.1, 0.15) is 5.69 Å². The average Bonchev–Trinajstić information content (AvgIpc) is 3.28. The molecule has 7 nitrogen and oxygen atoms in total. The molecule has 1 aromatic carbocycles. The predicted molar refractivity (Wildman–Crippen MR) is 105 cm³/mol. The van der Waals surface area contributed by atoms with Gasteiger partial charge in [-0.05, 0) is 30.5 Å². The van der Waals surface area contributed by atoms with Crippen LogP contribution in [0.1, 0.15) is 40.9 Å². The monoisotopic (exact) mass is 436 g/mol. The zero-order chi connectivity index (χ0) is 22.3. The lowest BCUT2D eigenvalue weighted by Gasteiger charge is -2.25. The van der Waals surface area contributed by atoms with Crippen LogP contribution in [-0.2, 0) is 22.3 Å². The first-order valence-corrected chi connectivity index (χ1v) is 9.92. The zero-order valence-electron chi connectivity index (χ0n) is 16.8. The largest absolute Gasteiger partial charge is 0.416 e. The summed E-state index contributed by atoms with van der Waals surface area (Å²) < 4.78 is 44.0. The van der Waals surface area contributed by atoms with E-state index in [1.54, 1.807) is 0 Å². The fourth-order valence-electron chi connectivity index (χ4n) is 3.26. The highest BCUT2D eigenvalue weighted by Crippen LogP contribution is 2.29. The molecule has 0 bridgehead atoms. The quantitative estimate of drug-likeness (QED) is 0.688. The van der Waals surface area contributed by atoms with E-state index in [0.717, 1.165) is 25.0 Å². The number of aromatic nitrogens is 2. The number of halogens is 3. The Hall–Kier alpha value is -3.01. The third-order valence-electron chi connectivity index (χ3n) is 4.87. The van der Waals surface area contributed by atoms with Crippen LogP contribution in [0.25, 0.3) is 0 Å². The van der Waals surface area contributed by atoms with E-state index in [2.05, 4.69) is 15.3 Å². The normalized spacial score (nSPS) is 16.2. The standard InChI is InChI=1S/C21H23F3N4O3/c22-21(23,24)16-4-1-3-15(11-16)12-27-19(29)6-9-28(14-17-5-2-10-31-17)20(30)18-13-25-7-8-26-18/h1,3-4,7-8,11,13,17H,2,5-6,9-10,12,14H2,(H,27,29). The summed E-state index contributed by atoms with van der Waals surface area (Å²) in [5.41, 5.74) is -0.253. The van der Waals surface area contributed by atoms with Gasteiger partial charge in [0, 0.05) is 45.1 Å². The Kier molecular flexibility index (Phi) is 7.56. The first-order chi connectivity index (χ1) is 14.8. The summed E-state index contributed by atoms with van der Waals surface area (Å²) in [6.07, 6.45) is 1.43. The Morgan fingerprint density at radius 1 is 1.26 bits per heavy atom. The highest BCUT2D eigenvalue weighted by molar-refractivity contribution is 5.92. The molecular weight excluding hydrogens is 413 g/mol. The van der Waals surface area contributed by atoms with E-state index in [0.29, 0.717) is 18.7 Å². The van der Waals surface area contributed by atoms with Crippen molar-refractivity contribution in [3.63, 3.8) is 0 Å². The molecule has 166 valence electrons. The molecule has 0 aliphatic carbocycles. The molecule has 1 aliphatic heterocycles. The van der Waals surface area contributed by atoms with Gasteiger partial charge in [-0.3, -0.25) is 14.6 Å². The summed E-state index contributed by atoms with van der Waals surface area (Å²) in [7, 11) is 0. The van der Waals surface area contributed by atoms with Gasteiger partial charge in [-0.15, -0.1) is 0 Å². The molecule has 1 N–H and O–H groups in total. The Morgan fingerprint density at radius 2 is 2.10 bits per heavy atom. The topological polar surface area (TPSA) is 84.4 Å². The van der Waals surface area contributed by atoms with E-state index in [-0.39, 0.29) is 43.1 Å². The fraction of sp³-hybridized carbons (Fsp3) is 0.429. The van der Waals surface area contributed by atoms with Crippen LogP contribution in [0.15, 0.2) is 42.9 Å². The summed E-state index contributed by atoms with van der Waals surface area (Å²) in [6, 6.07) is 4.79. The summed E-state index contributed by atoms with van der Waals surface area (Å²) in [4.78, 5) is 34.5. The van der Waals surface area contributed by atoms with E-state index in [9.17, 15) is 22.8 Å². The van der Waals surface area contributed by atoms with Crippen molar-refractivity contribution in [2.45, 2.75) is 38.1 Å². The molecule has 10 heteroatoms. The Labute approximate surface area is 177 Å². The van der Waals surface area contributed by atoms with Gasteiger partial charge in [-0.1, -0.05) is 12.1 Å². The number of hydrogen-bond acceptors (Lipinski definition) is 5. The first-order valence-electron chi connectivity index (χ1n) is 9.92. The van der Waals surface area contributed by atoms with Crippen LogP contribution in [0, 0.1) is 0 Å². The van der Waals surface area contributed by atoms with Crippen molar-refractivity contribution < 1.29 is 27.5 Å². The number of nitrogens with zero attached hydrogens (tertiary/aromatic N) is 3. The number of rotatable bonds is 8.